The Kier molecular flexibility index (Phi) is 4.45. The van der Waals surface area contributed by atoms with Crippen molar-refractivity contribution in [2.24, 2.45) is 0 Å². The van der Waals surface area contributed by atoms with Gasteiger partial charge in [-0.15, -0.1) is 11.3 Å². The molecule has 3 rings (SSSR count). The molecule has 0 radical (unpaired) electrons. The molecule has 1 saturated heterocycles. The van der Waals surface area contributed by atoms with Crippen LogP contribution in [-0.2, 0) is 20.7 Å². The highest BCUT2D eigenvalue weighted by Crippen LogP contribution is 2.40. The Bertz CT molecular complexity index is 511. The molecule has 0 saturated carbocycles. The predicted molar refractivity (Wildman–Crippen MR) is 82.1 cm³/mol. The first kappa shape index (κ1) is 14.8. The molecule has 1 aliphatic heterocycles. The van der Waals surface area contributed by atoms with Gasteiger partial charge in [0.25, 0.3) is 0 Å². The van der Waals surface area contributed by atoms with Crippen molar-refractivity contribution in [2.45, 2.75) is 44.6 Å². The minimum absolute atomic E-state index is 0.123. The van der Waals surface area contributed by atoms with Crippen LogP contribution in [0.15, 0.2) is 0 Å². The Balaban J connectivity index is 1.75. The molecule has 1 unspecified atom stereocenters. The van der Waals surface area contributed by atoms with Crippen LogP contribution in [0, 0.1) is 0 Å². The van der Waals surface area contributed by atoms with Gasteiger partial charge in [0.05, 0.1) is 12.3 Å². The van der Waals surface area contributed by atoms with Crippen LogP contribution < -0.4 is 4.90 Å². The molecule has 2 aliphatic rings. The van der Waals surface area contributed by atoms with Gasteiger partial charge in [0.2, 0.25) is 0 Å². The summed E-state index contributed by atoms with van der Waals surface area (Å²) in [5.41, 5.74) is 0.951. The van der Waals surface area contributed by atoms with E-state index in [0.29, 0.717) is 12.6 Å². The van der Waals surface area contributed by atoms with Gasteiger partial charge in [-0.1, -0.05) is 0 Å². The number of carbonyl (C=O) groups excluding carboxylic acids is 1. The lowest BCUT2D eigenvalue weighted by Gasteiger charge is -2.30. The van der Waals surface area contributed by atoms with Crippen LogP contribution in [0.4, 0.5) is 5.13 Å². The van der Waals surface area contributed by atoms with Gasteiger partial charge in [-0.2, -0.15) is 0 Å². The summed E-state index contributed by atoms with van der Waals surface area (Å²) in [5.74, 6) is -0.283. The van der Waals surface area contributed by atoms with Gasteiger partial charge in [-0.05, 0) is 32.6 Å². The largest absolute Gasteiger partial charge is 0.465 e. The van der Waals surface area contributed by atoms with Gasteiger partial charge >= 0.3 is 5.97 Å². The molecule has 1 fully saturated rings. The van der Waals surface area contributed by atoms with E-state index in [1.165, 1.54) is 4.88 Å². The molecule has 1 aliphatic carbocycles. The van der Waals surface area contributed by atoms with Crippen LogP contribution in [0.3, 0.4) is 0 Å². The Morgan fingerprint density at radius 2 is 2.19 bits per heavy atom. The highest BCUT2D eigenvalue weighted by atomic mass is 32.1. The number of fused-ring (bicyclic) bond motifs is 1. The highest BCUT2D eigenvalue weighted by Gasteiger charge is 2.34. The minimum atomic E-state index is -0.159. The number of hydrogen-bond acceptors (Lipinski definition) is 6. The van der Waals surface area contributed by atoms with Crippen LogP contribution in [0.5, 0.6) is 0 Å². The number of anilines is 1. The number of aromatic nitrogens is 1. The fraction of sp³-hybridized carbons (Fsp3) is 0.733. The zero-order valence-corrected chi connectivity index (χ0v) is 13.4. The van der Waals surface area contributed by atoms with Crippen molar-refractivity contribution in [3.8, 4) is 0 Å². The number of esters is 1. The zero-order valence-electron chi connectivity index (χ0n) is 12.6. The third-order valence-electron chi connectivity index (χ3n) is 4.32. The third-order valence-corrected chi connectivity index (χ3v) is 5.54. The molecule has 0 spiro atoms. The fourth-order valence-corrected chi connectivity index (χ4v) is 4.24. The maximum atomic E-state index is 12.0. The first-order valence-corrected chi connectivity index (χ1v) is 8.49. The summed E-state index contributed by atoms with van der Waals surface area (Å²) in [5, 5.41) is 1.03. The molecule has 0 aromatic carbocycles. The molecular weight excluding hydrogens is 288 g/mol. The molecule has 1 aromatic heterocycles. The molecule has 116 valence electrons. The predicted octanol–water partition coefficient (Wildman–Crippen LogP) is 2.35. The molecular formula is C15H22N2O3S. The first-order valence-electron chi connectivity index (χ1n) is 7.67. The first-order chi connectivity index (χ1) is 10.2. The standard InChI is InChI=1S/C15H22N2O3S/c1-3-20-14(18)11-4-5-12-13(11)16-15(21-12)17(2)10-6-8-19-9-7-10/h10-11H,3-9H2,1-2H3. The Morgan fingerprint density at radius 1 is 1.43 bits per heavy atom. The van der Waals surface area contributed by atoms with Crippen LogP contribution in [0.25, 0.3) is 0 Å². The molecule has 21 heavy (non-hydrogen) atoms. The summed E-state index contributed by atoms with van der Waals surface area (Å²) < 4.78 is 10.6. The number of aryl methyl sites for hydroxylation is 1. The van der Waals surface area contributed by atoms with Gasteiger partial charge in [0.15, 0.2) is 5.13 Å². The number of ether oxygens (including phenoxy) is 2. The van der Waals surface area contributed by atoms with Gasteiger partial charge < -0.3 is 14.4 Å². The van der Waals surface area contributed by atoms with Crippen LogP contribution in [-0.4, -0.2) is 43.9 Å². The second-order valence-corrected chi connectivity index (χ2v) is 6.66. The average molecular weight is 310 g/mol. The van der Waals surface area contributed by atoms with Crippen molar-refractivity contribution >= 4 is 22.4 Å². The number of thiazole rings is 1. The van der Waals surface area contributed by atoms with E-state index in [1.807, 2.05) is 6.92 Å². The maximum absolute atomic E-state index is 12.0. The van der Waals surface area contributed by atoms with Crippen molar-refractivity contribution in [1.82, 2.24) is 4.98 Å². The Morgan fingerprint density at radius 3 is 2.90 bits per heavy atom. The van der Waals surface area contributed by atoms with Gasteiger partial charge in [-0.3, -0.25) is 4.79 Å². The molecule has 5 nitrogen and oxygen atoms in total. The third kappa shape index (κ3) is 2.92. The molecule has 0 bridgehead atoms. The van der Waals surface area contributed by atoms with Crippen molar-refractivity contribution in [2.75, 3.05) is 31.8 Å². The minimum Gasteiger partial charge on any atom is -0.465 e. The van der Waals surface area contributed by atoms with E-state index in [1.54, 1.807) is 11.3 Å². The Hall–Kier alpha value is -1.14. The smallest absolute Gasteiger partial charge is 0.315 e. The van der Waals surface area contributed by atoms with E-state index in [-0.39, 0.29) is 11.9 Å². The van der Waals surface area contributed by atoms with E-state index in [9.17, 15) is 4.79 Å². The van der Waals surface area contributed by atoms with Crippen LogP contribution >= 0.6 is 11.3 Å². The lowest BCUT2D eigenvalue weighted by Crippen LogP contribution is -2.36. The zero-order chi connectivity index (χ0) is 14.8. The van der Waals surface area contributed by atoms with Gasteiger partial charge in [0, 0.05) is 31.2 Å². The van der Waals surface area contributed by atoms with E-state index in [0.717, 1.165) is 49.7 Å². The lowest BCUT2D eigenvalue weighted by molar-refractivity contribution is -0.145. The van der Waals surface area contributed by atoms with Crippen molar-refractivity contribution in [3.05, 3.63) is 10.6 Å². The number of nitrogens with zero attached hydrogens (tertiary/aromatic N) is 2. The highest BCUT2D eigenvalue weighted by molar-refractivity contribution is 7.15. The normalized spacial score (nSPS) is 22.1. The second kappa shape index (κ2) is 6.32. The topological polar surface area (TPSA) is 51.7 Å². The van der Waals surface area contributed by atoms with E-state index < -0.39 is 0 Å². The summed E-state index contributed by atoms with van der Waals surface area (Å²) >= 11 is 1.73. The number of hydrogen-bond donors (Lipinski definition) is 0. The summed E-state index contributed by atoms with van der Waals surface area (Å²) in [6.45, 7) is 3.93. The van der Waals surface area contributed by atoms with Gasteiger partial charge in [-0.25, -0.2) is 4.98 Å². The van der Waals surface area contributed by atoms with Crippen LogP contribution in [0.1, 0.15) is 42.7 Å². The summed E-state index contributed by atoms with van der Waals surface area (Å²) in [4.78, 5) is 20.3. The Labute approximate surface area is 129 Å². The molecule has 1 aromatic rings. The monoisotopic (exact) mass is 310 g/mol. The molecule has 2 heterocycles. The van der Waals surface area contributed by atoms with Crippen molar-refractivity contribution in [3.63, 3.8) is 0 Å². The molecule has 0 amide bonds. The number of rotatable bonds is 4. The van der Waals surface area contributed by atoms with E-state index >= 15 is 0 Å². The van der Waals surface area contributed by atoms with E-state index in [4.69, 9.17) is 14.5 Å². The van der Waals surface area contributed by atoms with E-state index in [2.05, 4.69) is 11.9 Å². The molecule has 1 atom stereocenters. The summed E-state index contributed by atoms with van der Waals surface area (Å²) in [6, 6.07) is 0.492. The summed E-state index contributed by atoms with van der Waals surface area (Å²) in [6.07, 6.45) is 3.87. The molecule has 0 N–H and O–H groups in total. The van der Waals surface area contributed by atoms with Gasteiger partial charge in [0.1, 0.15) is 5.92 Å². The SMILES string of the molecule is CCOC(=O)C1CCc2sc(N(C)C3CCOCC3)nc21. The second-order valence-electron chi connectivity index (χ2n) is 5.60. The fourth-order valence-electron chi connectivity index (χ4n) is 3.07. The van der Waals surface area contributed by atoms with Crippen LogP contribution in [0.2, 0.25) is 0 Å². The van der Waals surface area contributed by atoms with Crippen molar-refractivity contribution < 1.29 is 14.3 Å². The van der Waals surface area contributed by atoms with Crippen molar-refractivity contribution in [1.29, 1.82) is 0 Å². The number of carbonyl (C=O) groups is 1. The quantitative estimate of drug-likeness (QED) is 0.799. The lowest BCUT2D eigenvalue weighted by atomic mass is 10.1. The maximum Gasteiger partial charge on any atom is 0.315 e. The molecule has 6 heteroatoms. The summed E-state index contributed by atoms with van der Waals surface area (Å²) in [7, 11) is 2.10. The average Bonchev–Trinajstić information content (AvgIpc) is 3.07.